The van der Waals surface area contributed by atoms with Gasteiger partial charge in [-0.2, -0.15) is 18.4 Å². The Morgan fingerprint density at radius 3 is 2.64 bits per heavy atom. The SMILES string of the molecule is N#CC(=Cc1ccc[nH]1)C(=O)Nc1cccc(C(F)(F)F)c1. The van der Waals surface area contributed by atoms with Crippen molar-refractivity contribution in [3.05, 3.63) is 59.4 Å². The minimum Gasteiger partial charge on any atom is -0.362 e. The maximum atomic E-state index is 12.6. The third kappa shape index (κ3) is 3.76. The summed E-state index contributed by atoms with van der Waals surface area (Å²) in [5.41, 5.74) is -0.597. The van der Waals surface area contributed by atoms with Crippen LogP contribution in [-0.4, -0.2) is 10.9 Å². The first-order valence-electron chi connectivity index (χ1n) is 6.14. The van der Waals surface area contributed by atoms with E-state index in [0.717, 1.165) is 12.1 Å². The molecule has 0 radical (unpaired) electrons. The third-order valence-corrected chi connectivity index (χ3v) is 2.73. The van der Waals surface area contributed by atoms with E-state index in [4.69, 9.17) is 5.26 Å². The van der Waals surface area contributed by atoms with E-state index >= 15 is 0 Å². The quantitative estimate of drug-likeness (QED) is 0.672. The normalized spacial score (nSPS) is 11.8. The third-order valence-electron chi connectivity index (χ3n) is 2.73. The van der Waals surface area contributed by atoms with Gasteiger partial charge in [0.15, 0.2) is 0 Å². The molecule has 0 unspecified atom stereocenters. The molecule has 2 N–H and O–H groups in total. The Bertz CT molecular complexity index is 740. The topological polar surface area (TPSA) is 68.7 Å². The summed E-state index contributed by atoms with van der Waals surface area (Å²) in [7, 11) is 0. The van der Waals surface area contributed by atoms with Crippen molar-refractivity contribution in [3.63, 3.8) is 0 Å². The molecular formula is C15H10F3N3O. The number of nitrogens with zero attached hydrogens (tertiary/aromatic N) is 1. The fraction of sp³-hybridized carbons (Fsp3) is 0.0667. The molecule has 7 heteroatoms. The molecule has 1 amide bonds. The molecule has 0 bridgehead atoms. The van der Waals surface area contributed by atoms with Gasteiger partial charge >= 0.3 is 6.18 Å². The zero-order chi connectivity index (χ0) is 16.2. The molecule has 0 saturated carbocycles. The zero-order valence-corrected chi connectivity index (χ0v) is 11.1. The van der Waals surface area contributed by atoms with Crippen molar-refractivity contribution in [3.8, 4) is 6.07 Å². The van der Waals surface area contributed by atoms with E-state index in [1.807, 2.05) is 0 Å². The van der Waals surface area contributed by atoms with Gasteiger partial charge in [0.25, 0.3) is 5.91 Å². The van der Waals surface area contributed by atoms with Gasteiger partial charge in [-0.15, -0.1) is 0 Å². The van der Waals surface area contributed by atoms with E-state index in [0.29, 0.717) is 5.69 Å². The van der Waals surface area contributed by atoms with Crippen molar-refractivity contribution >= 4 is 17.7 Å². The molecule has 0 atom stereocenters. The van der Waals surface area contributed by atoms with Crippen LogP contribution in [-0.2, 0) is 11.0 Å². The number of H-pyrrole nitrogens is 1. The van der Waals surface area contributed by atoms with Gasteiger partial charge in [0, 0.05) is 17.6 Å². The summed E-state index contributed by atoms with van der Waals surface area (Å²) in [6, 6.07) is 9.25. The van der Waals surface area contributed by atoms with Crippen LogP contribution in [0.2, 0.25) is 0 Å². The maximum Gasteiger partial charge on any atom is 0.416 e. The number of halogens is 3. The number of amides is 1. The van der Waals surface area contributed by atoms with Crippen LogP contribution < -0.4 is 5.32 Å². The average Bonchev–Trinajstić information content (AvgIpc) is 2.97. The van der Waals surface area contributed by atoms with Crippen LogP contribution in [0.15, 0.2) is 48.2 Å². The molecule has 0 saturated heterocycles. The molecule has 1 aromatic carbocycles. The number of aromatic nitrogens is 1. The number of aromatic amines is 1. The Morgan fingerprint density at radius 2 is 2.05 bits per heavy atom. The fourth-order valence-corrected chi connectivity index (χ4v) is 1.71. The lowest BCUT2D eigenvalue weighted by Gasteiger charge is -2.09. The predicted octanol–water partition coefficient (Wildman–Crippen LogP) is 3.58. The standard InChI is InChI=1S/C15H10F3N3O/c16-15(17,18)11-3-1-4-13(8-11)21-14(22)10(9-19)7-12-5-2-6-20-12/h1-8,20H,(H,21,22). The second kappa shape index (κ2) is 6.18. The molecule has 0 aliphatic rings. The van der Waals surface area contributed by atoms with E-state index in [1.54, 1.807) is 24.4 Å². The summed E-state index contributed by atoms with van der Waals surface area (Å²) < 4.78 is 37.8. The van der Waals surface area contributed by atoms with Crippen molar-refractivity contribution in [1.82, 2.24) is 4.98 Å². The zero-order valence-electron chi connectivity index (χ0n) is 11.1. The molecule has 22 heavy (non-hydrogen) atoms. The Kier molecular flexibility index (Phi) is 4.32. The van der Waals surface area contributed by atoms with Crippen molar-refractivity contribution in [2.45, 2.75) is 6.18 Å². The summed E-state index contributed by atoms with van der Waals surface area (Å²) in [5, 5.41) is 11.3. The van der Waals surface area contributed by atoms with Crippen molar-refractivity contribution in [1.29, 1.82) is 5.26 Å². The lowest BCUT2D eigenvalue weighted by molar-refractivity contribution is -0.137. The number of nitriles is 1. The highest BCUT2D eigenvalue weighted by molar-refractivity contribution is 6.09. The van der Waals surface area contributed by atoms with Gasteiger partial charge in [-0.05, 0) is 36.4 Å². The van der Waals surface area contributed by atoms with Gasteiger partial charge in [-0.25, -0.2) is 0 Å². The van der Waals surface area contributed by atoms with Crippen LogP contribution in [0.5, 0.6) is 0 Å². The van der Waals surface area contributed by atoms with Gasteiger partial charge in [0.1, 0.15) is 11.6 Å². The molecule has 1 aromatic heterocycles. The second-order valence-electron chi connectivity index (χ2n) is 4.33. The minimum atomic E-state index is -4.50. The molecular weight excluding hydrogens is 295 g/mol. The molecule has 1 heterocycles. The number of nitrogens with one attached hydrogen (secondary N) is 2. The summed E-state index contributed by atoms with van der Waals surface area (Å²) >= 11 is 0. The summed E-state index contributed by atoms with van der Waals surface area (Å²) in [6.07, 6.45) is -1.58. The summed E-state index contributed by atoms with van der Waals surface area (Å²) in [6.45, 7) is 0. The van der Waals surface area contributed by atoms with Gasteiger partial charge in [0.05, 0.1) is 5.56 Å². The lowest BCUT2D eigenvalue weighted by atomic mass is 10.1. The predicted molar refractivity (Wildman–Crippen MR) is 74.5 cm³/mol. The van der Waals surface area contributed by atoms with Crippen molar-refractivity contribution in [2.75, 3.05) is 5.32 Å². The molecule has 2 aromatic rings. The van der Waals surface area contributed by atoms with Gasteiger partial charge < -0.3 is 10.3 Å². The number of hydrogen-bond acceptors (Lipinski definition) is 2. The van der Waals surface area contributed by atoms with Crippen LogP contribution >= 0.6 is 0 Å². The van der Waals surface area contributed by atoms with E-state index in [-0.39, 0.29) is 11.3 Å². The smallest absolute Gasteiger partial charge is 0.362 e. The first-order chi connectivity index (χ1) is 10.4. The summed E-state index contributed by atoms with van der Waals surface area (Å²) in [5.74, 6) is -0.781. The Labute approximate surface area is 123 Å². The van der Waals surface area contributed by atoms with E-state index in [9.17, 15) is 18.0 Å². The number of rotatable bonds is 3. The Balaban J connectivity index is 2.20. The molecule has 0 aliphatic carbocycles. The number of carbonyl (C=O) groups is 1. The molecule has 0 fully saturated rings. The summed E-state index contributed by atoms with van der Waals surface area (Å²) in [4.78, 5) is 14.7. The number of carbonyl (C=O) groups excluding carboxylic acids is 1. The van der Waals surface area contributed by atoms with Gasteiger partial charge in [-0.1, -0.05) is 6.07 Å². The number of benzene rings is 1. The van der Waals surface area contributed by atoms with E-state index in [2.05, 4.69) is 10.3 Å². The average molecular weight is 305 g/mol. The molecule has 4 nitrogen and oxygen atoms in total. The van der Waals surface area contributed by atoms with Crippen molar-refractivity contribution < 1.29 is 18.0 Å². The van der Waals surface area contributed by atoms with E-state index < -0.39 is 17.6 Å². The highest BCUT2D eigenvalue weighted by atomic mass is 19.4. The molecule has 0 aliphatic heterocycles. The van der Waals surface area contributed by atoms with Gasteiger partial charge in [-0.3, -0.25) is 4.79 Å². The number of anilines is 1. The first kappa shape index (κ1) is 15.4. The Morgan fingerprint density at radius 1 is 1.27 bits per heavy atom. The minimum absolute atomic E-state index is 0.0348. The monoisotopic (exact) mass is 305 g/mol. The number of hydrogen-bond donors (Lipinski definition) is 2. The largest absolute Gasteiger partial charge is 0.416 e. The Hall–Kier alpha value is -3.01. The molecule has 2 rings (SSSR count). The number of alkyl halides is 3. The van der Waals surface area contributed by atoms with Crippen LogP contribution in [0.4, 0.5) is 18.9 Å². The second-order valence-corrected chi connectivity index (χ2v) is 4.33. The van der Waals surface area contributed by atoms with Crippen molar-refractivity contribution in [2.24, 2.45) is 0 Å². The van der Waals surface area contributed by atoms with Crippen LogP contribution in [0, 0.1) is 11.3 Å². The lowest BCUT2D eigenvalue weighted by Crippen LogP contribution is -2.14. The van der Waals surface area contributed by atoms with Crippen LogP contribution in [0.25, 0.3) is 6.08 Å². The van der Waals surface area contributed by atoms with Crippen LogP contribution in [0.1, 0.15) is 11.3 Å². The fourth-order valence-electron chi connectivity index (χ4n) is 1.71. The van der Waals surface area contributed by atoms with E-state index in [1.165, 1.54) is 18.2 Å². The molecule has 0 spiro atoms. The highest BCUT2D eigenvalue weighted by Gasteiger charge is 2.30. The van der Waals surface area contributed by atoms with Crippen LogP contribution in [0.3, 0.4) is 0 Å². The highest BCUT2D eigenvalue weighted by Crippen LogP contribution is 2.30. The van der Waals surface area contributed by atoms with Gasteiger partial charge in [0.2, 0.25) is 0 Å². The first-order valence-corrected chi connectivity index (χ1v) is 6.14. The maximum absolute atomic E-state index is 12.6. The molecule has 112 valence electrons.